The minimum Gasteiger partial charge on any atom is -0.444 e. The van der Waals surface area contributed by atoms with Gasteiger partial charge in [-0.2, -0.15) is 0 Å². The third-order valence-electron chi connectivity index (χ3n) is 5.34. The monoisotopic (exact) mass is 409 g/mol. The van der Waals surface area contributed by atoms with Crippen LogP contribution in [0.5, 0.6) is 0 Å². The van der Waals surface area contributed by atoms with Crippen LogP contribution in [-0.4, -0.2) is 91.8 Å². The van der Waals surface area contributed by atoms with Crippen LogP contribution in [0.1, 0.15) is 59.8 Å². The first kappa shape index (κ1) is 23.8. The van der Waals surface area contributed by atoms with Gasteiger partial charge in [-0.15, -0.1) is 0 Å². The number of carbonyl (C=O) groups is 1. The average Bonchev–Trinajstić information content (AvgIpc) is 3.45. The van der Waals surface area contributed by atoms with Crippen LogP contribution >= 0.6 is 0 Å². The summed E-state index contributed by atoms with van der Waals surface area (Å²) in [5, 5.41) is 3.44. The van der Waals surface area contributed by atoms with Crippen molar-refractivity contribution in [2.45, 2.75) is 71.4 Å². The van der Waals surface area contributed by atoms with E-state index in [1.54, 1.807) is 0 Å². The maximum absolute atomic E-state index is 12.8. The fourth-order valence-electron chi connectivity index (χ4n) is 3.66. The topological polar surface area (TPSA) is 60.4 Å². The van der Waals surface area contributed by atoms with Crippen molar-refractivity contribution in [2.24, 2.45) is 10.9 Å². The molecule has 0 unspecified atom stereocenters. The van der Waals surface area contributed by atoms with Gasteiger partial charge in [-0.05, 0) is 86.4 Å². The van der Waals surface area contributed by atoms with Gasteiger partial charge in [0.1, 0.15) is 5.60 Å². The minimum atomic E-state index is -0.447. The van der Waals surface area contributed by atoms with Crippen molar-refractivity contribution in [2.75, 3.05) is 53.4 Å². The standard InChI is InChI=1S/C22H43N5O2/c1-7-23-20(24-13-8-14-25(5)6)26-15-11-19(12-16-26)27(17-18-9-10-18)21(28)29-22(2,3)4/h18-19H,7-17H2,1-6H3,(H,23,24). The van der Waals surface area contributed by atoms with Crippen LogP contribution in [0.3, 0.4) is 0 Å². The molecule has 0 spiro atoms. The molecule has 0 radical (unpaired) electrons. The third kappa shape index (κ3) is 8.81. The normalized spacial score (nSPS) is 18.9. The first-order chi connectivity index (χ1) is 13.7. The summed E-state index contributed by atoms with van der Waals surface area (Å²) in [6.07, 6.45) is 5.32. The highest BCUT2D eigenvalue weighted by Gasteiger charge is 2.35. The fourth-order valence-corrected chi connectivity index (χ4v) is 3.66. The Morgan fingerprint density at radius 2 is 1.83 bits per heavy atom. The average molecular weight is 410 g/mol. The van der Waals surface area contributed by atoms with Crippen molar-refractivity contribution in [1.82, 2.24) is 20.0 Å². The second-order valence-corrected chi connectivity index (χ2v) is 9.69. The number of guanidine groups is 1. The maximum atomic E-state index is 12.8. The van der Waals surface area contributed by atoms with Gasteiger partial charge >= 0.3 is 6.09 Å². The fraction of sp³-hybridized carbons (Fsp3) is 0.909. The van der Waals surface area contributed by atoms with Crippen molar-refractivity contribution in [3.8, 4) is 0 Å². The lowest BCUT2D eigenvalue weighted by Crippen LogP contribution is -2.52. The van der Waals surface area contributed by atoms with Crippen LogP contribution in [0.2, 0.25) is 0 Å². The lowest BCUT2D eigenvalue weighted by molar-refractivity contribution is 0.00928. The Balaban J connectivity index is 1.92. The van der Waals surface area contributed by atoms with Crippen molar-refractivity contribution in [1.29, 1.82) is 0 Å². The van der Waals surface area contributed by atoms with Gasteiger partial charge in [-0.1, -0.05) is 0 Å². The summed E-state index contributed by atoms with van der Waals surface area (Å²) < 4.78 is 5.71. The number of piperidine rings is 1. The minimum absolute atomic E-state index is 0.146. The molecular weight excluding hydrogens is 366 g/mol. The molecule has 1 saturated carbocycles. The van der Waals surface area contributed by atoms with E-state index in [-0.39, 0.29) is 12.1 Å². The zero-order valence-corrected chi connectivity index (χ0v) is 19.5. The van der Waals surface area contributed by atoms with Crippen LogP contribution in [0, 0.1) is 5.92 Å². The van der Waals surface area contributed by atoms with Crippen LogP contribution in [0.4, 0.5) is 4.79 Å². The van der Waals surface area contributed by atoms with E-state index in [2.05, 4.69) is 36.1 Å². The van der Waals surface area contributed by atoms with Gasteiger partial charge in [0.15, 0.2) is 5.96 Å². The quantitative estimate of drug-likeness (QED) is 0.379. The molecule has 2 aliphatic rings. The Hall–Kier alpha value is -1.50. The predicted molar refractivity (Wildman–Crippen MR) is 119 cm³/mol. The number of hydrogen-bond acceptors (Lipinski definition) is 4. The number of hydrogen-bond donors (Lipinski definition) is 1. The SMILES string of the molecule is CCNC(=NCCCN(C)C)N1CCC(N(CC2CC2)C(=O)OC(C)(C)C)CC1. The van der Waals surface area contributed by atoms with E-state index in [0.29, 0.717) is 5.92 Å². The first-order valence-corrected chi connectivity index (χ1v) is 11.4. The van der Waals surface area contributed by atoms with E-state index < -0.39 is 5.60 Å². The largest absolute Gasteiger partial charge is 0.444 e. The molecule has 2 rings (SSSR count). The number of nitrogens with zero attached hydrogens (tertiary/aromatic N) is 4. The second kappa shape index (κ2) is 11.0. The van der Waals surface area contributed by atoms with E-state index in [0.717, 1.165) is 64.5 Å². The van der Waals surface area contributed by atoms with Crippen LogP contribution < -0.4 is 5.32 Å². The highest BCUT2D eigenvalue weighted by atomic mass is 16.6. The van der Waals surface area contributed by atoms with Gasteiger partial charge in [0.05, 0.1) is 0 Å². The summed E-state index contributed by atoms with van der Waals surface area (Å²) in [6, 6.07) is 0.262. The molecule has 1 heterocycles. The zero-order chi connectivity index (χ0) is 21.4. The Kier molecular flexibility index (Phi) is 9.05. The molecule has 2 fully saturated rings. The number of amides is 1. The molecule has 1 saturated heterocycles. The smallest absolute Gasteiger partial charge is 0.410 e. The summed E-state index contributed by atoms with van der Waals surface area (Å²) in [6.45, 7) is 13.4. The van der Waals surface area contributed by atoms with E-state index in [1.807, 2.05) is 25.7 Å². The molecule has 0 aromatic rings. The summed E-state index contributed by atoms with van der Waals surface area (Å²) >= 11 is 0. The highest BCUT2D eigenvalue weighted by molar-refractivity contribution is 5.80. The molecule has 0 aromatic carbocycles. The number of ether oxygens (including phenoxy) is 1. The van der Waals surface area contributed by atoms with E-state index >= 15 is 0 Å². The molecule has 0 aromatic heterocycles. The Morgan fingerprint density at radius 3 is 2.34 bits per heavy atom. The van der Waals surface area contributed by atoms with Crippen molar-refractivity contribution < 1.29 is 9.53 Å². The number of nitrogens with one attached hydrogen (secondary N) is 1. The molecule has 1 aliphatic carbocycles. The lowest BCUT2D eigenvalue weighted by Gasteiger charge is -2.40. The van der Waals surface area contributed by atoms with Gasteiger partial charge in [0.25, 0.3) is 0 Å². The van der Waals surface area contributed by atoms with Gasteiger partial charge in [0.2, 0.25) is 0 Å². The molecule has 1 amide bonds. The summed E-state index contributed by atoms with van der Waals surface area (Å²) in [5.74, 6) is 1.67. The van der Waals surface area contributed by atoms with E-state index in [4.69, 9.17) is 9.73 Å². The summed E-state index contributed by atoms with van der Waals surface area (Å²) in [4.78, 5) is 24.2. The maximum Gasteiger partial charge on any atom is 0.410 e. The van der Waals surface area contributed by atoms with Crippen molar-refractivity contribution in [3.05, 3.63) is 0 Å². The van der Waals surface area contributed by atoms with Crippen LogP contribution in [-0.2, 0) is 4.74 Å². The number of carbonyl (C=O) groups excluding carboxylic acids is 1. The highest BCUT2D eigenvalue weighted by Crippen LogP contribution is 2.32. The number of rotatable bonds is 8. The van der Waals surface area contributed by atoms with Gasteiger partial charge in [-0.25, -0.2) is 4.79 Å². The molecule has 29 heavy (non-hydrogen) atoms. The molecule has 1 aliphatic heterocycles. The molecule has 168 valence electrons. The zero-order valence-electron chi connectivity index (χ0n) is 19.5. The molecule has 0 bridgehead atoms. The third-order valence-corrected chi connectivity index (χ3v) is 5.34. The lowest BCUT2D eigenvalue weighted by atomic mass is 10.0. The second-order valence-electron chi connectivity index (χ2n) is 9.69. The molecular formula is C22H43N5O2. The van der Waals surface area contributed by atoms with Gasteiger partial charge in [-0.3, -0.25) is 4.99 Å². The first-order valence-electron chi connectivity index (χ1n) is 11.4. The van der Waals surface area contributed by atoms with E-state index in [9.17, 15) is 4.79 Å². The predicted octanol–water partition coefficient (Wildman–Crippen LogP) is 3.02. The number of aliphatic imine (C=N–C) groups is 1. The van der Waals surface area contributed by atoms with Crippen LogP contribution in [0.15, 0.2) is 4.99 Å². The molecule has 7 nitrogen and oxygen atoms in total. The summed E-state index contributed by atoms with van der Waals surface area (Å²) in [7, 11) is 4.19. The van der Waals surface area contributed by atoms with Gasteiger partial charge < -0.3 is 24.8 Å². The number of likely N-dealkylation sites (tertiary alicyclic amines) is 1. The van der Waals surface area contributed by atoms with E-state index in [1.165, 1.54) is 12.8 Å². The summed E-state index contributed by atoms with van der Waals surface area (Å²) in [5.41, 5.74) is -0.447. The molecule has 1 N–H and O–H groups in total. The van der Waals surface area contributed by atoms with Crippen molar-refractivity contribution in [3.63, 3.8) is 0 Å². The van der Waals surface area contributed by atoms with Gasteiger partial charge in [0, 0.05) is 38.8 Å². The molecule has 7 heteroatoms. The Morgan fingerprint density at radius 1 is 1.17 bits per heavy atom. The molecule has 0 atom stereocenters. The van der Waals surface area contributed by atoms with Crippen molar-refractivity contribution >= 4 is 12.1 Å². The van der Waals surface area contributed by atoms with Crippen LogP contribution in [0.25, 0.3) is 0 Å². The Labute approximate surface area is 177 Å². The Bertz CT molecular complexity index is 532.